The van der Waals surface area contributed by atoms with Gasteiger partial charge in [-0.3, -0.25) is 9.59 Å². The first kappa shape index (κ1) is 20.2. The molecule has 1 unspecified atom stereocenters. The van der Waals surface area contributed by atoms with Gasteiger partial charge in [-0.05, 0) is 43.3 Å². The molecule has 31 heavy (non-hydrogen) atoms. The molecular formula is C24H26FN3O2S. The number of hydrogen-bond donors (Lipinski definition) is 1. The normalized spacial score (nSPS) is 22.0. The summed E-state index contributed by atoms with van der Waals surface area (Å²) in [6.45, 7) is 2.21. The molecule has 2 aliphatic rings. The topological polar surface area (TPSA) is 54.3 Å². The number of carbonyl (C=O) groups is 2. The number of aromatic nitrogens is 1. The number of carbonyl (C=O) groups excluding carboxylic acids is 2. The van der Waals surface area contributed by atoms with E-state index < -0.39 is 5.54 Å². The molecule has 1 N–H and O–H groups in total. The summed E-state index contributed by atoms with van der Waals surface area (Å²) in [5.74, 6) is -0.765. The van der Waals surface area contributed by atoms with E-state index in [2.05, 4.69) is 5.32 Å². The average Bonchev–Trinajstić information content (AvgIpc) is 3.35. The highest BCUT2D eigenvalue weighted by Gasteiger charge is 2.48. The molecule has 1 atom stereocenters. The number of hydrogen-bond acceptors (Lipinski definition) is 3. The predicted molar refractivity (Wildman–Crippen MR) is 120 cm³/mol. The van der Waals surface area contributed by atoms with Crippen LogP contribution in [0, 0.1) is 5.82 Å². The molecule has 1 saturated carbocycles. The zero-order valence-electron chi connectivity index (χ0n) is 17.6. The Bertz CT molecular complexity index is 1150. The maximum atomic E-state index is 14.5. The van der Waals surface area contributed by atoms with Crippen molar-refractivity contribution in [2.24, 2.45) is 0 Å². The van der Waals surface area contributed by atoms with Gasteiger partial charge in [0, 0.05) is 11.6 Å². The van der Waals surface area contributed by atoms with Crippen LogP contribution in [0.3, 0.4) is 0 Å². The molecule has 3 heterocycles. The van der Waals surface area contributed by atoms with Crippen molar-refractivity contribution in [3.63, 3.8) is 0 Å². The van der Waals surface area contributed by atoms with E-state index in [9.17, 15) is 14.0 Å². The summed E-state index contributed by atoms with van der Waals surface area (Å²) < 4.78 is 17.4. The molecule has 0 bridgehead atoms. The standard InChI is InChI=1S/C24H26FN3O2S/c1-24(23(30)26-17-8-3-2-4-9-17)15-27-19-11-12-31-21(19)13-20(27)22(29)28(24)14-16-7-5-6-10-18(16)25/h5-7,10-13,17H,2-4,8-9,14-15H2,1H3,(H,26,30). The fourth-order valence-electron chi connectivity index (χ4n) is 4.91. The molecule has 2 amide bonds. The van der Waals surface area contributed by atoms with E-state index in [-0.39, 0.29) is 30.2 Å². The molecule has 1 aliphatic heterocycles. The van der Waals surface area contributed by atoms with Crippen molar-refractivity contribution < 1.29 is 14.0 Å². The van der Waals surface area contributed by atoms with Gasteiger partial charge in [0.25, 0.3) is 5.91 Å². The second-order valence-corrected chi connectivity index (χ2v) is 9.80. The number of nitrogens with zero attached hydrogens (tertiary/aromatic N) is 2. The third-order valence-corrected chi connectivity index (χ3v) is 7.62. The van der Waals surface area contributed by atoms with E-state index in [1.807, 2.05) is 29.0 Å². The van der Waals surface area contributed by atoms with E-state index in [0.717, 1.165) is 35.9 Å². The van der Waals surface area contributed by atoms with E-state index in [0.29, 0.717) is 17.8 Å². The van der Waals surface area contributed by atoms with E-state index in [1.165, 1.54) is 12.5 Å². The molecule has 1 fully saturated rings. The minimum atomic E-state index is -1.11. The molecule has 7 heteroatoms. The lowest BCUT2D eigenvalue weighted by molar-refractivity contribution is -0.134. The van der Waals surface area contributed by atoms with Crippen molar-refractivity contribution in [1.82, 2.24) is 14.8 Å². The van der Waals surface area contributed by atoms with Crippen molar-refractivity contribution in [2.75, 3.05) is 0 Å². The predicted octanol–water partition coefficient (Wildman–Crippen LogP) is 4.71. The van der Waals surface area contributed by atoms with Crippen molar-refractivity contribution >= 4 is 33.4 Å². The molecule has 1 aliphatic carbocycles. The van der Waals surface area contributed by atoms with Gasteiger partial charge in [0.2, 0.25) is 5.91 Å². The van der Waals surface area contributed by atoms with Crippen molar-refractivity contribution in [3.05, 3.63) is 58.9 Å². The Labute approximate surface area is 184 Å². The van der Waals surface area contributed by atoms with Crippen LogP contribution in [0.4, 0.5) is 4.39 Å². The number of thiophene rings is 1. The quantitative estimate of drug-likeness (QED) is 0.640. The molecule has 0 saturated heterocycles. The Morgan fingerprint density at radius 3 is 2.77 bits per heavy atom. The van der Waals surface area contributed by atoms with Crippen LogP contribution in [0.25, 0.3) is 10.2 Å². The van der Waals surface area contributed by atoms with Crippen LogP contribution in [0.15, 0.2) is 41.8 Å². The maximum absolute atomic E-state index is 14.5. The Balaban J connectivity index is 1.54. The zero-order valence-corrected chi connectivity index (χ0v) is 18.4. The van der Waals surface area contributed by atoms with E-state index in [4.69, 9.17) is 0 Å². The number of benzene rings is 1. The number of nitrogens with one attached hydrogen (secondary N) is 1. The second kappa shape index (κ2) is 7.79. The number of rotatable bonds is 4. The van der Waals surface area contributed by atoms with Crippen LogP contribution in [-0.4, -0.2) is 32.9 Å². The van der Waals surface area contributed by atoms with Crippen LogP contribution >= 0.6 is 11.3 Å². The summed E-state index contributed by atoms with van der Waals surface area (Å²) in [6, 6.07) is 10.5. The van der Waals surface area contributed by atoms with E-state index in [1.54, 1.807) is 34.4 Å². The average molecular weight is 440 g/mol. The fourth-order valence-corrected chi connectivity index (χ4v) is 5.73. The first-order chi connectivity index (χ1) is 15.0. The smallest absolute Gasteiger partial charge is 0.271 e. The number of amides is 2. The summed E-state index contributed by atoms with van der Waals surface area (Å²) in [4.78, 5) is 28.8. The van der Waals surface area contributed by atoms with Gasteiger partial charge in [0.1, 0.15) is 17.1 Å². The van der Waals surface area contributed by atoms with Gasteiger partial charge in [-0.25, -0.2) is 4.39 Å². The Hall–Kier alpha value is -2.67. The van der Waals surface area contributed by atoms with Gasteiger partial charge in [-0.15, -0.1) is 11.3 Å². The highest BCUT2D eigenvalue weighted by molar-refractivity contribution is 7.17. The highest BCUT2D eigenvalue weighted by Crippen LogP contribution is 2.35. The van der Waals surface area contributed by atoms with Crippen molar-refractivity contribution in [1.29, 1.82) is 0 Å². The molecular weight excluding hydrogens is 413 g/mol. The molecule has 1 aromatic carbocycles. The van der Waals surface area contributed by atoms with Crippen LogP contribution < -0.4 is 5.32 Å². The van der Waals surface area contributed by atoms with Crippen molar-refractivity contribution in [3.8, 4) is 0 Å². The van der Waals surface area contributed by atoms with Gasteiger partial charge in [-0.1, -0.05) is 37.5 Å². The minimum Gasteiger partial charge on any atom is -0.351 e. The molecule has 0 spiro atoms. The van der Waals surface area contributed by atoms with Gasteiger partial charge in [0.15, 0.2) is 0 Å². The highest BCUT2D eigenvalue weighted by atomic mass is 32.1. The first-order valence-electron chi connectivity index (χ1n) is 10.9. The van der Waals surface area contributed by atoms with Crippen molar-refractivity contribution in [2.45, 2.75) is 63.7 Å². The van der Waals surface area contributed by atoms with Gasteiger partial charge >= 0.3 is 0 Å². The molecule has 3 aromatic rings. The summed E-state index contributed by atoms with van der Waals surface area (Å²) in [5.41, 5.74) is 0.823. The number of halogens is 1. The summed E-state index contributed by atoms with van der Waals surface area (Å²) >= 11 is 1.58. The van der Waals surface area contributed by atoms with Gasteiger partial charge < -0.3 is 14.8 Å². The Morgan fingerprint density at radius 1 is 1.23 bits per heavy atom. The monoisotopic (exact) mass is 439 g/mol. The van der Waals surface area contributed by atoms with Crippen LogP contribution in [0.1, 0.15) is 55.1 Å². The molecule has 162 valence electrons. The molecule has 0 radical (unpaired) electrons. The van der Waals surface area contributed by atoms with Gasteiger partial charge in [0.05, 0.1) is 23.3 Å². The summed E-state index contributed by atoms with van der Waals surface area (Å²) in [5, 5.41) is 5.20. The second-order valence-electron chi connectivity index (χ2n) is 8.85. The summed E-state index contributed by atoms with van der Waals surface area (Å²) in [6.07, 6.45) is 5.34. The largest absolute Gasteiger partial charge is 0.351 e. The first-order valence-corrected chi connectivity index (χ1v) is 11.8. The third-order valence-electron chi connectivity index (χ3n) is 6.76. The Morgan fingerprint density at radius 2 is 2.00 bits per heavy atom. The molecule has 2 aromatic heterocycles. The molecule has 5 rings (SSSR count). The fraction of sp³-hybridized carbons (Fsp3) is 0.417. The maximum Gasteiger partial charge on any atom is 0.271 e. The van der Waals surface area contributed by atoms with Crippen LogP contribution in [-0.2, 0) is 17.9 Å². The minimum absolute atomic E-state index is 0.0545. The third kappa shape index (κ3) is 3.45. The van der Waals surface area contributed by atoms with Crippen LogP contribution in [0.5, 0.6) is 0 Å². The number of fused-ring (bicyclic) bond motifs is 3. The lowest BCUT2D eigenvalue weighted by Gasteiger charge is -2.45. The lowest BCUT2D eigenvalue weighted by Crippen LogP contribution is -2.64. The van der Waals surface area contributed by atoms with Gasteiger partial charge in [-0.2, -0.15) is 0 Å². The summed E-state index contributed by atoms with van der Waals surface area (Å²) in [7, 11) is 0. The SMILES string of the molecule is CC1(C(=O)NC2CCCCC2)Cn2c(cc3sccc32)C(=O)N1Cc1ccccc1F. The van der Waals surface area contributed by atoms with E-state index >= 15 is 0 Å². The lowest BCUT2D eigenvalue weighted by atomic mass is 9.91. The zero-order chi connectivity index (χ0) is 21.6. The Kier molecular flexibility index (Phi) is 5.08. The molecule has 5 nitrogen and oxygen atoms in total. The van der Waals surface area contributed by atoms with Crippen LogP contribution in [0.2, 0.25) is 0 Å².